The predicted molar refractivity (Wildman–Crippen MR) is 149 cm³/mol. The van der Waals surface area contributed by atoms with Crippen molar-refractivity contribution in [2.24, 2.45) is 0 Å². The summed E-state index contributed by atoms with van der Waals surface area (Å²) in [5.41, 5.74) is 2.14. The van der Waals surface area contributed by atoms with E-state index < -0.39 is 45.7 Å². The standard InChI is InChI=1S/C29H30F2N4O5S/c1-2-19-7-6-8-20(11-19)16-32-17-27(36)25(14-21-12-22(30)15-23(31)13-21)33-28(37)26-18-40-29(34-26)35-41(38,39)24-9-4-3-5-10-24/h3-13,15,18,25,27,32,36H,2,14,16-17H2,1H3,(H,33,37)(H,34,35). The van der Waals surface area contributed by atoms with Gasteiger partial charge in [-0.2, -0.15) is 4.98 Å². The second-order valence-electron chi connectivity index (χ2n) is 9.39. The summed E-state index contributed by atoms with van der Waals surface area (Å²) >= 11 is 0. The van der Waals surface area contributed by atoms with Gasteiger partial charge in [0.25, 0.3) is 15.9 Å². The third kappa shape index (κ3) is 8.43. The van der Waals surface area contributed by atoms with Crippen LogP contribution in [-0.4, -0.2) is 43.1 Å². The van der Waals surface area contributed by atoms with Gasteiger partial charge in [0.05, 0.1) is 17.0 Å². The van der Waals surface area contributed by atoms with Crippen LogP contribution in [-0.2, 0) is 29.4 Å². The fourth-order valence-corrected chi connectivity index (χ4v) is 5.13. The van der Waals surface area contributed by atoms with Crippen molar-refractivity contribution in [2.75, 3.05) is 11.3 Å². The lowest BCUT2D eigenvalue weighted by Gasteiger charge is -2.24. The highest BCUT2D eigenvalue weighted by Gasteiger charge is 2.25. The normalized spacial score (nSPS) is 13.0. The number of carbonyl (C=O) groups excluding carboxylic acids is 1. The van der Waals surface area contributed by atoms with Gasteiger partial charge in [-0.05, 0) is 53.8 Å². The number of halogens is 2. The summed E-state index contributed by atoms with van der Waals surface area (Å²) in [6.45, 7) is 2.56. The third-order valence-electron chi connectivity index (χ3n) is 6.25. The lowest BCUT2D eigenvalue weighted by atomic mass is 10.00. The molecule has 0 bridgehead atoms. The highest BCUT2D eigenvalue weighted by Crippen LogP contribution is 2.17. The van der Waals surface area contributed by atoms with Gasteiger partial charge >= 0.3 is 6.01 Å². The average Bonchev–Trinajstić information content (AvgIpc) is 3.40. The minimum atomic E-state index is -4.01. The summed E-state index contributed by atoms with van der Waals surface area (Å²) in [5.74, 6) is -2.36. The van der Waals surface area contributed by atoms with Gasteiger partial charge in [-0.1, -0.05) is 49.4 Å². The molecule has 2 atom stereocenters. The van der Waals surface area contributed by atoms with E-state index in [0.29, 0.717) is 6.54 Å². The molecule has 0 aliphatic rings. The number of amides is 1. The van der Waals surface area contributed by atoms with E-state index in [-0.39, 0.29) is 29.1 Å². The Balaban J connectivity index is 1.45. The minimum absolute atomic E-state index is 0.0244. The van der Waals surface area contributed by atoms with E-state index in [9.17, 15) is 27.1 Å². The smallest absolute Gasteiger partial charge is 0.309 e. The van der Waals surface area contributed by atoms with Gasteiger partial charge in [0, 0.05) is 19.2 Å². The maximum absolute atomic E-state index is 13.8. The molecule has 0 saturated heterocycles. The van der Waals surface area contributed by atoms with Gasteiger partial charge in [0.1, 0.15) is 17.9 Å². The van der Waals surface area contributed by atoms with E-state index >= 15 is 0 Å². The zero-order chi connectivity index (χ0) is 29.4. The Hall–Kier alpha value is -4.13. The van der Waals surface area contributed by atoms with E-state index in [0.717, 1.165) is 36.4 Å². The first-order valence-corrected chi connectivity index (χ1v) is 14.4. The first-order chi connectivity index (χ1) is 19.6. The largest absolute Gasteiger partial charge is 0.431 e. The number of nitrogens with zero attached hydrogens (tertiary/aromatic N) is 1. The molecule has 0 radical (unpaired) electrons. The Kier molecular flexibility index (Phi) is 9.82. The van der Waals surface area contributed by atoms with Crippen molar-refractivity contribution < 1.29 is 31.5 Å². The number of carbonyl (C=O) groups is 1. The molecule has 3 aromatic carbocycles. The van der Waals surface area contributed by atoms with Gasteiger partial charge < -0.3 is 20.2 Å². The lowest BCUT2D eigenvalue weighted by molar-refractivity contribution is 0.0825. The maximum Gasteiger partial charge on any atom is 0.309 e. The van der Waals surface area contributed by atoms with E-state index in [1.54, 1.807) is 18.2 Å². The van der Waals surface area contributed by atoms with Gasteiger partial charge in [0.2, 0.25) is 0 Å². The first-order valence-electron chi connectivity index (χ1n) is 12.9. The molecule has 12 heteroatoms. The zero-order valence-electron chi connectivity index (χ0n) is 22.2. The number of aryl methyl sites for hydroxylation is 1. The SMILES string of the molecule is CCc1cccc(CNCC(O)C(Cc2cc(F)cc(F)c2)NC(=O)c2coc(NS(=O)(=O)c3ccccc3)n2)c1. The Morgan fingerprint density at radius 2 is 1.68 bits per heavy atom. The van der Waals surface area contributed by atoms with Crippen LogP contribution in [0.15, 0.2) is 88.4 Å². The summed E-state index contributed by atoms with van der Waals surface area (Å²) < 4.78 is 60.0. The van der Waals surface area contributed by atoms with E-state index in [4.69, 9.17) is 4.42 Å². The molecule has 9 nitrogen and oxygen atoms in total. The van der Waals surface area contributed by atoms with Crippen LogP contribution < -0.4 is 15.4 Å². The van der Waals surface area contributed by atoms with Gasteiger partial charge in [-0.3, -0.25) is 4.79 Å². The fraction of sp³-hybridized carbons (Fsp3) is 0.241. The first kappa shape index (κ1) is 29.8. The molecule has 1 heterocycles. The molecule has 4 rings (SSSR count). The van der Waals surface area contributed by atoms with Crippen molar-refractivity contribution in [2.45, 2.75) is 43.4 Å². The number of aliphatic hydroxyl groups excluding tert-OH is 1. The molecule has 0 fully saturated rings. The summed E-state index contributed by atoms with van der Waals surface area (Å²) in [6, 6.07) is 17.0. The third-order valence-corrected chi connectivity index (χ3v) is 7.59. The van der Waals surface area contributed by atoms with Crippen molar-refractivity contribution in [3.8, 4) is 0 Å². The number of anilines is 1. The Bertz CT molecular complexity index is 1560. The second-order valence-corrected chi connectivity index (χ2v) is 11.1. The molecule has 1 amide bonds. The van der Waals surface area contributed by atoms with Gasteiger partial charge in [-0.25, -0.2) is 21.9 Å². The van der Waals surface area contributed by atoms with Crippen LogP contribution in [0.4, 0.5) is 14.8 Å². The highest BCUT2D eigenvalue weighted by molar-refractivity contribution is 7.92. The van der Waals surface area contributed by atoms with Crippen molar-refractivity contribution in [1.82, 2.24) is 15.6 Å². The quantitative estimate of drug-likeness (QED) is 0.188. The molecule has 2 unspecified atom stereocenters. The molecule has 1 aromatic heterocycles. The van der Waals surface area contributed by atoms with Crippen molar-refractivity contribution in [3.05, 3.63) is 113 Å². The van der Waals surface area contributed by atoms with E-state index in [1.807, 2.05) is 24.3 Å². The summed E-state index contributed by atoms with van der Waals surface area (Å²) in [6.07, 6.45) is 0.580. The molecule has 41 heavy (non-hydrogen) atoms. The molecule has 0 aliphatic carbocycles. The van der Waals surface area contributed by atoms with Crippen LogP contribution in [0.2, 0.25) is 0 Å². The number of hydrogen-bond donors (Lipinski definition) is 4. The maximum atomic E-state index is 13.8. The predicted octanol–water partition coefficient (Wildman–Crippen LogP) is 3.81. The number of nitrogens with one attached hydrogen (secondary N) is 3. The Labute approximate surface area is 236 Å². The topological polar surface area (TPSA) is 134 Å². The number of hydrogen-bond acceptors (Lipinski definition) is 7. The molecular formula is C29H30F2N4O5S. The van der Waals surface area contributed by atoms with Crippen molar-refractivity contribution in [1.29, 1.82) is 0 Å². The zero-order valence-corrected chi connectivity index (χ0v) is 23.0. The van der Waals surface area contributed by atoms with Crippen LogP contribution in [0, 0.1) is 11.6 Å². The molecule has 0 spiro atoms. The molecule has 4 aromatic rings. The van der Waals surface area contributed by atoms with Crippen molar-refractivity contribution in [3.63, 3.8) is 0 Å². The number of oxazole rings is 1. The summed E-state index contributed by atoms with van der Waals surface area (Å²) in [5, 5.41) is 16.7. The van der Waals surface area contributed by atoms with Crippen LogP contribution >= 0.6 is 0 Å². The number of rotatable bonds is 13. The monoisotopic (exact) mass is 584 g/mol. The molecular weight excluding hydrogens is 554 g/mol. The molecule has 216 valence electrons. The van der Waals surface area contributed by atoms with Gasteiger partial charge in [-0.15, -0.1) is 0 Å². The summed E-state index contributed by atoms with van der Waals surface area (Å²) in [7, 11) is -4.01. The van der Waals surface area contributed by atoms with Crippen LogP contribution in [0.3, 0.4) is 0 Å². The van der Waals surface area contributed by atoms with Crippen molar-refractivity contribution >= 4 is 21.9 Å². The highest BCUT2D eigenvalue weighted by atomic mass is 32.2. The van der Waals surface area contributed by atoms with Crippen LogP contribution in [0.25, 0.3) is 0 Å². The molecule has 0 saturated carbocycles. The van der Waals surface area contributed by atoms with Gasteiger partial charge in [0.15, 0.2) is 5.69 Å². The second kappa shape index (κ2) is 13.5. The molecule has 0 aliphatic heterocycles. The number of aliphatic hydroxyl groups is 1. The average molecular weight is 585 g/mol. The minimum Gasteiger partial charge on any atom is -0.431 e. The Morgan fingerprint density at radius 1 is 0.976 bits per heavy atom. The fourth-order valence-electron chi connectivity index (χ4n) is 4.17. The van der Waals surface area contributed by atoms with E-state index in [1.165, 1.54) is 17.7 Å². The number of aromatic nitrogens is 1. The Morgan fingerprint density at radius 3 is 2.39 bits per heavy atom. The number of benzene rings is 3. The lowest BCUT2D eigenvalue weighted by Crippen LogP contribution is -2.48. The van der Waals surface area contributed by atoms with Crippen LogP contribution in [0.5, 0.6) is 0 Å². The summed E-state index contributed by atoms with van der Waals surface area (Å²) in [4.78, 5) is 16.9. The van der Waals surface area contributed by atoms with Crippen LogP contribution in [0.1, 0.15) is 34.1 Å². The van der Waals surface area contributed by atoms with E-state index in [2.05, 4.69) is 27.3 Å². The molecule has 4 N–H and O–H groups in total. The number of sulfonamides is 1.